The average Bonchev–Trinajstić information content (AvgIpc) is 3.11. The topological polar surface area (TPSA) is 63.7 Å². The van der Waals surface area contributed by atoms with Gasteiger partial charge in [0.1, 0.15) is 0 Å². The van der Waals surface area contributed by atoms with Crippen LogP contribution in [0.25, 0.3) is 0 Å². The highest BCUT2D eigenvalue weighted by molar-refractivity contribution is 5.97. The number of imide groups is 1. The van der Waals surface area contributed by atoms with Gasteiger partial charge in [-0.15, -0.1) is 0 Å². The van der Waals surface area contributed by atoms with Crippen molar-refractivity contribution in [3.63, 3.8) is 0 Å². The van der Waals surface area contributed by atoms with E-state index in [9.17, 15) is 14.4 Å². The van der Waals surface area contributed by atoms with Crippen LogP contribution >= 0.6 is 0 Å². The van der Waals surface area contributed by atoms with Gasteiger partial charge in [-0.3, -0.25) is 19.3 Å². The minimum atomic E-state index is -0.463. The fraction of sp³-hybridized carbons (Fsp3) is 0.609. The van der Waals surface area contributed by atoms with Crippen molar-refractivity contribution in [1.29, 1.82) is 0 Å². The first-order valence-corrected chi connectivity index (χ1v) is 10.6. The fourth-order valence-electron chi connectivity index (χ4n) is 6.90. The summed E-state index contributed by atoms with van der Waals surface area (Å²) in [5, 5.41) is 0. The fourth-order valence-corrected chi connectivity index (χ4v) is 6.90. The van der Waals surface area contributed by atoms with Gasteiger partial charge in [0.05, 0.1) is 5.41 Å². The van der Waals surface area contributed by atoms with Crippen LogP contribution in [0.4, 0.5) is 0 Å². The number of amides is 2. The Balaban J connectivity index is 1.34. The number of esters is 1. The van der Waals surface area contributed by atoms with Crippen LogP contribution in [0.1, 0.15) is 56.9 Å². The maximum atomic E-state index is 13.2. The first-order valence-electron chi connectivity index (χ1n) is 10.6. The van der Waals surface area contributed by atoms with Gasteiger partial charge >= 0.3 is 5.97 Å². The zero-order valence-electron chi connectivity index (χ0n) is 16.2. The van der Waals surface area contributed by atoms with E-state index in [1.54, 1.807) is 0 Å². The Kier molecular flexibility index (Phi) is 4.11. The summed E-state index contributed by atoms with van der Waals surface area (Å²) in [7, 11) is 0. The SMILES string of the molecule is O=C1CCCN1C(=O)COC(=O)C12C[C@H]3C[C@@H](C1)CC(c1ccccc1)(C3)C2. The molecule has 1 aromatic rings. The van der Waals surface area contributed by atoms with Gasteiger partial charge in [-0.1, -0.05) is 30.3 Å². The first kappa shape index (κ1) is 17.9. The maximum absolute atomic E-state index is 13.2. The van der Waals surface area contributed by atoms with Gasteiger partial charge in [0.25, 0.3) is 5.91 Å². The minimum Gasteiger partial charge on any atom is -0.455 e. The van der Waals surface area contributed by atoms with Crippen LogP contribution in [0.5, 0.6) is 0 Å². The Bertz CT molecular complexity index is 803. The van der Waals surface area contributed by atoms with Gasteiger partial charge in [-0.2, -0.15) is 0 Å². The molecule has 0 spiro atoms. The van der Waals surface area contributed by atoms with E-state index in [4.69, 9.17) is 4.74 Å². The number of likely N-dealkylation sites (tertiary alicyclic amines) is 1. The molecule has 5 fully saturated rings. The second-order valence-corrected chi connectivity index (χ2v) is 9.51. The molecule has 4 atom stereocenters. The smallest absolute Gasteiger partial charge is 0.312 e. The van der Waals surface area contributed by atoms with Crippen LogP contribution in [-0.4, -0.2) is 35.8 Å². The van der Waals surface area contributed by atoms with E-state index in [1.165, 1.54) is 16.9 Å². The van der Waals surface area contributed by atoms with E-state index in [-0.39, 0.29) is 29.8 Å². The molecular formula is C23H27NO4. The largest absolute Gasteiger partial charge is 0.455 e. The van der Waals surface area contributed by atoms with Crippen molar-refractivity contribution in [2.24, 2.45) is 17.3 Å². The zero-order valence-corrected chi connectivity index (χ0v) is 16.2. The van der Waals surface area contributed by atoms with Crippen LogP contribution in [0.2, 0.25) is 0 Å². The number of ether oxygens (including phenoxy) is 1. The highest BCUT2D eigenvalue weighted by atomic mass is 16.5. The minimum absolute atomic E-state index is 0.0687. The molecule has 2 unspecified atom stereocenters. The molecule has 148 valence electrons. The van der Waals surface area contributed by atoms with E-state index in [0.717, 1.165) is 32.1 Å². The molecule has 4 saturated carbocycles. The molecule has 0 radical (unpaired) electrons. The molecule has 5 nitrogen and oxygen atoms in total. The van der Waals surface area contributed by atoms with Gasteiger partial charge in [0, 0.05) is 13.0 Å². The van der Waals surface area contributed by atoms with Crippen molar-refractivity contribution in [2.45, 2.75) is 56.8 Å². The Morgan fingerprint density at radius 1 is 1.07 bits per heavy atom. The van der Waals surface area contributed by atoms with E-state index in [2.05, 4.69) is 24.3 Å². The molecule has 4 aliphatic carbocycles. The third kappa shape index (κ3) is 2.78. The maximum Gasteiger partial charge on any atom is 0.312 e. The molecule has 5 heteroatoms. The predicted molar refractivity (Wildman–Crippen MR) is 102 cm³/mol. The third-order valence-corrected chi connectivity index (χ3v) is 7.58. The highest BCUT2D eigenvalue weighted by Gasteiger charge is 2.61. The number of hydrogen-bond donors (Lipinski definition) is 0. The van der Waals surface area contributed by atoms with Crippen molar-refractivity contribution in [3.05, 3.63) is 35.9 Å². The van der Waals surface area contributed by atoms with Gasteiger partial charge < -0.3 is 4.74 Å². The van der Waals surface area contributed by atoms with Gasteiger partial charge in [-0.05, 0) is 67.8 Å². The summed E-state index contributed by atoms with van der Waals surface area (Å²) in [6, 6.07) is 10.6. The van der Waals surface area contributed by atoms with Crippen molar-refractivity contribution >= 4 is 17.8 Å². The van der Waals surface area contributed by atoms with Crippen LogP contribution in [0.15, 0.2) is 30.3 Å². The van der Waals surface area contributed by atoms with Crippen LogP contribution < -0.4 is 0 Å². The van der Waals surface area contributed by atoms with Crippen molar-refractivity contribution < 1.29 is 19.1 Å². The molecule has 28 heavy (non-hydrogen) atoms. The van der Waals surface area contributed by atoms with Crippen LogP contribution in [0.3, 0.4) is 0 Å². The summed E-state index contributed by atoms with van der Waals surface area (Å²) in [6.07, 6.45) is 7.23. The zero-order chi connectivity index (χ0) is 19.4. The summed E-state index contributed by atoms with van der Waals surface area (Å²) in [5.41, 5.74) is 0.953. The molecular weight excluding hydrogens is 354 g/mol. The quantitative estimate of drug-likeness (QED) is 0.752. The molecule has 1 heterocycles. The number of rotatable bonds is 4. The molecule has 1 aliphatic heterocycles. The molecule has 6 rings (SSSR count). The Morgan fingerprint density at radius 2 is 1.79 bits per heavy atom. The standard InChI is InChI=1S/C23H27NO4/c25-19-7-4-8-24(19)20(26)14-28-21(27)23-12-16-9-17(13-23)11-22(10-16,15-23)18-5-2-1-3-6-18/h1-3,5-6,16-17H,4,7-15H2/t16-,17+,22?,23?. The molecule has 0 N–H and O–H groups in total. The van der Waals surface area contributed by atoms with Gasteiger partial charge in [-0.25, -0.2) is 0 Å². The summed E-state index contributed by atoms with van der Waals surface area (Å²) in [5.74, 6) is 0.369. The number of nitrogens with zero attached hydrogens (tertiary/aromatic N) is 1. The third-order valence-electron chi connectivity index (χ3n) is 7.58. The summed E-state index contributed by atoms with van der Waals surface area (Å²) < 4.78 is 5.55. The van der Waals surface area contributed by atoms with Crippen LogP contribution in [-0.2, 0) is 24.5 Å². The molecule has 4 bridgehead atoms. The molecule has 2 amide bonds. The van der Waals surface area contributed by atoms with Crippen molar-refractivity contribution in [3.8, 4) is 0 Å². The molecule has 1 aromatic carbocycles. The van der Waals surface area contributed by atoms with Crippen molar-refractivity contribution in [2.75, 3.05) is 13.2 Å². The average molecular weight is 381 g/mol. The van der Waals surface area contributed by atoms with E-state index in [0.29, 0.717) is 31.2 Å². The molecule has 1 saturated heterocycles. The van der Waals surface area contributed by atoms with Gasteiger partial charge in [0.15, 0.2) is 6.61 Å². The van der Waals surface area contributed by atoms with E-state index >= 15 is 0 Å². The lowest BCUT2D eigenvalue weighted by Crippen LogP contribution is -2.57. The first-order chi connectivity index (χ1) is 13.5. The van der Waals surface area contributed by atoms with Crippen LogP contribution in [0, 0.1) is 17.3 Å². The Labute approximate surface area is 165 Å². The number of hydrogen-bond acceptors (Lipinski definition) is 4. The molecule has 0 aromatic heterocycles. The number of carbonyl (C=O) groups excluding carboxylic acids is 3. The Morgan fingerprint density at radius 3 is 2.43 bits per heavy atom. The van der Waals surface area contributed by atoms with E-state index < -0.39 is 5.41 Å². The normalized spacial score (nSPS) is 36.0. The molecule has 5 aliphatic rings. The summed E-state index contributed by atoms with van der Waals surface area (Å²) in [4.78, 5) is 38.5. The lowest BCUT2D eigenvalue weighted by Gasteiger charge is -2.61. The summed E-state index contributed by atoms with van der Waals surface area (Å²) in [6.45, 7) is 0.140. The second kappa shape index (κ2) is 6.43. The van der Waals surface area contributed by atoms with Crippen molar-refractivity contribution in [1.82, 2.24) is 4.90 Å². The number of carbonyl (C=O) groups is 3. The monoisotopic (exact) mass is 381 g/mol. The second-order valence-electron chi connectivity index (χ2n) is 9.51. The Hall–Kier alpha value is -2.17. The number of benzene rings is 1. The summed E-state index contributed by atoms with van der Waals surface area (Å²) >= 11 is 0. The van der Waals surface area contributed by atoms with Gasteiger partial charge in [0.2, 0.25) is 5.91 Å². The predicted octanol–water partition coefficient (Wildman–Crippen LogP) is 3.22. The van der Waals surface area contributed by atoms with E-state index in [1.807, 2.05) is 6.07 Å². The highest BCUT2D eigenvalue weighted by Crippen LogP contribution is 2.66. The lowest BCUT2D eigenvalue weighted by atomic mass is 9.43. The lowest BCUT2D eigenvalue weighted by molar-refractivity contribution is -0.177.